The lowest BCUT2D eigenvalue weighted by molar-refractivity contribution is 0.956. The van der Waals surface area contributed by atoms with E-state index in [0.29, 0.717) is 22.1 Å². The summed E-state index contributed by atoms with van der Waals surface area (Å²) >= 11 is 10.9. The number of hydrogen-bond donors (Lipinski definition) is 2. The minimum Gasteiger partial charge on any atom is -0.377 e. The molecule has 0 amide bonds. The molecule has 0 radical (unpaired) electrons. The maximum absolute atomic E-state index is 11.8. The monoisotopic (exact) mass is 369 g/mol. The van der Waals surface area contributed by atoms with Gasteiger partial charge in [0.25, 0.3) is 5.56 Å². The fraction of sp³-hybridized carbons (Fsp3) is 0.0769. The Hall–Kier alpha value is -1.37. The molecule has 0 aliphatic rings. The van der Waals surface area contributed by atoms with Gasteiger partial charge in [-0.2, -0.15) is 0 Å². The highest BCUT2D eigenvalue weighted by molar-refractivity contribution is 9.10. The summed E-state index contributed by atoms with van der Waals surface area (Å²) < 4.78 is 1.56. The van der Waals surface area contributed by atoms with Crippen LogP contribution in [0.25, 0.3) is 10.2 Å². The quantitative estimate of drug-likeness (QED) is 0.732. The Kier molecular flexibility index (Phi) is 3.78. The standard InChI is InChI=1S/C13H9BrClN3OS/c14-7-1-2-9(8(15)5-7)16-6-11-17-10-3-4-20-12(10)13(19)18-11/h1-5,16H,6H2,(H,17,18,19). The van der Waals surface area contributed by atoms with E-state index in [1.54, 1.807) is 0 Å². The smallest absolute Gasteiger partial charge is 0.268 e. The van der Waals surface area contributed by atoms with E-state index < -0.39 is 0 Å². The molecular formula is C13H9BrClN3OS. The Labute approximate surface area is 131 Å². The van der Waals surface area contributed by atoms with Crippen LogP contribution in [-0.2, 0) is 6.54 Å². The van der Waals surface area contributed by atoms with Crippen LogP contribution in [0.15, 0.2) is 38.9 Å². The van der Waals surface area contributed by atoms with Crippen molar-refractivity contribution in [2.45, 2.75) is 6.54 Å². The van der Waals surface area contributed by atoms with E-state index in [4.69, 9.17) is 11.6 Å². The molecule has 0 unspecified atom stereocenters. The number of aromatic nitrogens is 2. The first-order valence-corrected chi connectivity index (χ1v) is 7.84. The van der Waals surface area contributed by atoms with Crippen LogP contribution in [0.2, 0.25) is 5.02 Å². The third-order valence-corrected chi connectivity index (χ3v) is 4.45. The number of nitrogens with zero attached hydrogens (tertiary/aromatic N) is 1. The molecule has 1 aromatic carbocycles. The fourth-order valence-corrected chi connectivity index (χ4v) is 3.28. The summed E-state index contributed by atoms with van der Waals surface area (Å²) in [5.74, 6) is 0.583. The van der Waals surface area contributed by atoms with Crippen LogP contribution >= 0.6 is 38.9 Å². The lowest BCUT2D eigenvalue weighted by atomic mass is 10.3. The molecule has 3 rings (SSSR count). The Balaban J connectivity index is 1.84. The number of rotatable bonds is 3. The van der Waals surface area contributed by atoms with Crippen LogP contribution in [-0.4, -0.2) is 9.97 Å². The second-order valence-corrected chi connectivity index (χ2v) is 6.36. The SMILES string of the molecule is O=c1[nH]c(CNc2ccc(Br)cc2Cl)nc2ccsc12. The molecule has 0 aliphatic carbocycles. The predicted octanol–water partition coefficient (Wildman–Crippen LogP) is 4.01. The molecule has 0 bridgehead atoms. The number of halogens is 2. The van der Waals surface area contributed by atoms with E-state index in [-0.39, 0.29) is 5.56 Å². The van der Waals surface area contributed by atoms with Gasteiger partial charge in [0.15, 0.2) is 0 Å². The van der Waals surface area contributed by atoms with E-state index in [1.165, 1.54) is 11.3 Å². The molecule has 20 heavy (non-hydrogen) atoms. The van der Waals surface area contributed by atoms with Crippen LogP contribution in [0.1, 0.15) is 5.82 Å². The number of anilines is 1. The van der Waals surface area contributed by atoms with Gasteiger partial charge in [-0.25, -0.2) is 4.98 Å². The minimum absolute atomic E-state index is 0.108. The molecule has 0 spiro atoms. The van der Waals surface area contributed by atoms with Crippen LogP contribution < -0.4 is 10.9 Å². The van der Waals surface area contributed by atoms with E-state index in [0.717, 1.165) is 15.7 Å². The van der Waals surface area contributed by atoms with E-state index in [1.807, 2.05) is 29.6 Å². The third-order valence-electron chi connectivity index (χ3n) is 2.74. The molecule has 0 aliphatic heterocycles. The Morgan fingerprint density at radius 2 is 2.25 bits per heavy atom. The molecule has 2 heterocycles. The summed E-state index contributed by atoms with van der Waals surface area (Å²) in [4.78, 5) is 19.0. The maximum Gasteiger partial charge on any atom is 0.268 e. The molecule has 0 saturated carbocycles. The van der Waals surface area contributed by atoms with Gasteiger partial charge in [-0.05, 0) is 29.6 Å². The van der Waals surface area contributed by atoms with Gasteiger partial charge < -0.3 is 10.3 Å². The number of thiophene rings is 1. The van der Waals surface area contributed by atoms with Crippen molar-refractivity contribution in [1.82, 2.24) is 9.97 Å². The average molecular weight is 371 g/mol. The molecule has 0 atom stereocenters. The van der Waals surface area contributed by atoms with Crippen molar-refractivity contribution in [1.29, 1.82) is 0 Å². The average Bonchev–Trinajstić information content (AvgIpc) is 2.86. The van der Waals surface area contributed by atoms with Gasteiger partial charge in [0, 0.05) is 4.47 Å². The first kappa shape index (κ1) is 13.6. The first-order chi connectivity index (χ1) is 9.63. The Morgan fingerprint density at radius 1 is 1.40 bits per heavy atom. The highest BCUT2D eigenvalue weighted by atomic mass is 79.9. The van der Waals surface area contributed by atoms with Gasteiger partial charge in [-0.15, -0.1) is 11.3 Å². The van der Waals surface area contributed by atoms with Crippen molar-refractivity contribution in [2.24, 2.45) is 0 Å². The summed E-state index contributed by atoms with van der Waals surface area (Å²) in [5.41, 5.74) is 1.41. The van der Waals surface area contributed by atoms with Crippen molar-refractivity contribution in [3.05, 3.63) is 55.3 Å². The first-order valence-electron chi connectivity index (χ1n) is 5.79. The topological polar surface area (TPSA) is 57.8 Å². The van der Waals surface area contributed by atoms with Crippen LogP contribution in [0, 0.1) is 0 Å². The van der Waals surface area contributed by atoms with E-state index in [9.17, 15) is 4.79 Å². The Bertz CT molecular complexity index is 830. The number of aromatic amines is 1. The highest BCUT2D eigenvalue weighted by Crippen LogP contribution is 2.25. The van der Waals surface area contributed by atoms with Crippen LogP contribution in [0.3, 0.4) is 0 Å². The molecule has 0 saturated heterocycles. The van der Waals surface area contributed by atoms with E-state index >= 15 is 0 Å². The number of nitrogens with one attached hydrogen (secondary N) is 2. The third kappa shape index (κ3) is 2.72. The van der Waals surface area contributed by atoms with Crippen molar-refractivity contribution >= 4 is 54.8 Å². The van der Waals surface area contributed by atoms with Gasteiger partial charge in [0.2, 0.25) is 0 Å². The van der Waals surface area contributed by atoms with E-state index in [2.05, 4.69) is 31.2 Å². The zero-order chi connectivity index (χ0) is 14.1. The Morgan fingerprint density at radius 3 is 3.05 bits per heavy atom. The minimum atomic E-state index is -0.108. The van der Waals surface area contributed by atoms with Crippen molar-refractivity contribution in [3.8, 4) is 0 Å². The fourth-order valence-electron chi connectivity index (χ4n) is 1.82. The molecule has 2 aromatic heterocycles. The second-order valence-electron chi connectivity index (χ2n) is 4.13. The summed E-state index contributed by atoms with van der Waals surface area (Å²) in [5, 5.41) is 5.62. The van der Waals surface area contributed by atoms with Crippen LogP contribution in [0.4, 0.5) is 5.69 Å². The largest absolute Gasteiger partial charge is 0.377 e. The van der Waals surface area contributed by atoms with Gasteiger partial charge in [-0.1, -0.05) is 27.5 Å². The molecule has 4 nitrogen and oxygen atoms in total. The highest BCUT2D eigenvalue weighted by Gasteiger charge is 2.06. The number of hydrogen-bond acceptors (Lipinski definition) is 4. The van der Waals surface area contributed by atoms with Gasteiger partial charge in [0.05, 0.1) is 22.8 Å². The predicted molar refractivity (Wildman–Crippen MR) is 86.7 cm³/mol. The van der Waals surface area contributed by atoms with Crippen LogP contribution in [0.5, 0.6) is 0 Å². The molecule has 2 N–H and O–H groups in total. The summed E-state index contributed by atoms with van der Waals surface area (Å²) in [6, 6.07) is 7.41. The molecule has 3 aromatic rings. The molecule has 0 fully saturated rings. The van der Waals surface area contributed by atoms with Gasteiger partial charge in [-0.3, -0.25) is 4.79 Å². The summed E-state index contributed by atoms with van der Waals surface area (Å²) in [6.07, 6.45) is 0. The molecule has 102 valence electrons. The summed E-state index contributed by atoms with van der Waals surface area (Å²) in [7, 11) is 0. The number of benzene rings is 1. The molecular weight excluding hydrogens is 362 g/mol. The lowest BCUT2D eigenvalue weighted by Crippen LogP contribution is -2.13. The second kappa shape index (κ2) is 5.55. The van der Waals surface area contributed by atoms with Crippen molar-refractivity contribution < 1.29 is 0 Å². The molecule has 7 heteroatoms. The maximum atomic E-state index is 11.8. The van der Waals surface area contributed by atoms with Gasteiger partial charge >= 0.3 is 0 Å². The normalized spacial score (nSPS) is 10.9. The lowest BCUT2D eigenvalue weighted by Gasteiger charge is -2.08. The van der Waals surface area contributed by atoms with Gasteiger partial charge in [0.1, 0.15) is 10.5 Å². The zero-order valence-corrected chi connectivity index (χ0v) is 13.3. The zero-order valence-electron chi connectivity index (χ0n) is 10.1. The number of H-pyrrole nitrogens is 1. The summed E-state index contributed by atoms with van der Waals surface area (Å²) in [6.45, 7) is 0.405. The number of fused-ring (bicyclic) bond motifs is 1. The van der Waals surface area contributed by atoms with Crippen molar-refractivity contribution in [3.63, 3.8) is 0 Å². The van der Waals surface area contributed by atoms with Crippen molar-refractivity contribution in [2.75, 3.05) is 5.32 Å².